The summed E-state index contributed by atoms with van der Waals surface area (Å²) in [6.07, 6.45) is 1.85. The average Bonchev–Trinajstić information content (AvgIpc) is 2.54. The zero-order valence-electron chi connectivity index (χ0n) is 13.6. The number of hydrogen-bond acceptors (Lipinski definition) is 3. The Morgan fingerprint density at radius 1 is 1.26 bits per heavy atom. The van der Waals surface area contributed by atoms with Crippen molar-refractivity contribution in [1.29, 1.82) is 0 Å². The molecule has 2 aromatic carbocycles. The monoisotopic (exact) mass is 310 g/mol. The Kier molecular flexibility index (Phi) is 4.24. The molecule has 0 aromatic heterocycles. The summed E-state index contributed by atoms with van der Waals surface area (Å²) in [6, 6.07) is 11.7. The van der Waals surface area contributed by atoms with E-state index in [1.807, 2.05) is 44.2 Å². The van der Waals surface area contributed by atoms with E-state index in [1.54, 1.807) is 4.90 Å². The highest BCUT2D eigenvalue weighted by atomic mass is 16.5. The summed E-state index contributed by atoms with van der Waals surface area (Å²) in [5.41, 5.74) is 11.0. The van der Waals surface area contributed by atoms with Crippen molar-refractivity contribution in [3.63, 3.8) is 0 Å². The lowest BCUT2D eigenvalue weighted by Crippen LogP contribution is -2.38. The zero-order chi connectivity index (χ0) is 16.4. The SMILES string of the molecule is Cc1ccc(OCC(=O)N2CCCc3c(N)cccc32)c(C)c1. The lowest BCUT2D eigenvalue weighted by atomic mass is 10.00. The molecule has 0 saturated carbocycles. The molecule has 0 radical (unpaired) electrons. The van der Waals surface area contributed by atoms with Crippen molar-refractivity contribution in [2.45, 2.75) is 26.7 Å². The van der Waals surface area contributed by atoms with Crippen molar-refractivity contribution in [3.05, 3.63) is 53.1 Å². The number of rotatable bonds is 3. The number of carbonyl (C=O) groups excluding carboxylic acids is 1. The van der Waals surface area contributed by atoms with Gasteiger partial charge >= 0.3 is 0 Å². The van der Waals surface area contributed by atoms with E-state index in [2.05, 4.69) is 6.07 Å². The highest BCUT2D eigenvalue weighted by molar-refractivity contribution is 5.96. The standard InChI is InChI=1S/C19H22N2O2/c1-13-8-9-18(14(2)11-13)23-12-19(22)21-10-4-5-15-16(20)6-3-7-17(15)21/h3,6-9,11H,4-5,10,12,20H2,1-2H3. The van der Waals surface area contributed by atoms with Crippen LogP contribution in [0.5, 0.6) is 5.75 Å². The van der Waals surface area contributed by atoms with E-state index in [9.17, 15) is 4.79 Å². The second-order valence-corrected chi connectivity index (χ2v) is 6.05. The van der Waals surface area contributed by atoms with E-state index in [-0.39, 0.29) is 12.5 Å². The molecule has 23 heavy (non-hydrogen) atoms. The summed E-state index contributed by atoms with van der Waals surface area (Å²) in [7, 11) is 0. The van der Waals surface area contributed by atoms with Gasteiger partial charge in [0.25, 0.3) is 5.91 Å². The first kappa shape index (κ1) is 15.4. The van der Waals surface area contributed by atoms with E-state index in [4.69, 9.17) is 10.5 Å². The number of benzene rings is 2. The van der Waals surface area contributed by atoms with Gasteiger partial charge in [-0.1, -0.05) is 23.8 Å². The van der Waals surface area contributed by atoms with E-state index < -0.39 is 0 Å². The second-order valence-electron chi connectivity index (χ2n) is 6.05. The number of fused-ring (bicyclic) bond motifs is 1. The quantitative estimate of drug-likeness (QED) is 0.885. The molecule has 0 spiro atoms. The molecule has 2 N–H and O–H groups in total. The number of amides is 1. The van der Waals surface area contributed by atoms with Crippen LogP contribution in [0.3, 0.4) is 0 Å². The minimum absolute atomic E-state index is 0.0310. The third-order valence-corrected chi connectivity index (χ3v) is 4.27. The lowest BCUT2D eigenvalue weighted by molar-refractivity contribution is -0.120. The van der Waals surface area contributed by atoms with Crippen molar-refractivity contribution in [2.24, 2.45) is 0 Å². The van der Waals surface area contributed by atoms with Gasteiger partial charge in [0, 0.05) is 17.9 Å². The van der Waals surface area contributed by atoms with E-state index in [1.165, 1.54) is 5.56 Å². The van der Waals surface area contributed by atoms with Gasteiger partial charge in [-0.15, -0.1) is 0 Å². The van der Waals surface area contributed by atoms with Crippen molar-refractivity contribution in [2.75, 3.05) is 23.8 Å². The van der Waals surface area contributed by atoms with Gasteiger partial charge in [-0.25, -0.2) is 0 Å². The first-order chi connectivity index (χ1) is 11.1. The molecule has 1 aliphatic rings. The largest absolute Gasteiger partial charge is 0.483 e. The van der Waals surface area contributed by atoms with Gasteiger partial charge in [0.2, 0.25) is 0 Å². The molecule has 4 nitrogen and oxygen atoms in total. The summed E-state index contributed by atoms with van der Waals surface area (Å²) in [6.45, 7) is 4.78. The van der Waals surface area contributed by atoms with Gasteiger partial charge in [-0.2, -0.15) is 0 Å². The summed E-state index contributed by atoms with van der Waals surface area (Å²) in [5.74, 6) is 0.727. The second kappa shape index (κ2) is 6.32. The summed E-state index contributed by atoms with van der Waals surface area (Å²) in [5, 5.41) is 0. The number of nitrogen functional groups attached to an aromatic ring is 1. The van der Waals surface area contributed by atoms with Gasteiger partial charge in [0.1, 0.15) is 5.75 Å². The summed E-state index contributed by atoms with van der Waals surface area (Å²) in [4.78, 5) is 14.4. The smallest absolute Gasteiger partial charge is 0.264 e. The fraction of sp³-hybridized carbons (Fsp3) is 0.316. The average molecular weight is 310 g/mol. The number of nitrogens with two attached hydrogens (primary N) is 1. The predicted molar refractivity (Wildman–Crippen MR) is 92.9 cm³/mol. The Labute approximate surface area is 136 Å². The van der Waals surface area contributed by atoms with Crippen LogP contribution in [-0.2, 0) is 11.2 Å². The normalized spacial score (nSPS) is 13.6. The molecule has 120 valence electrons. The van der Waals surface area contributed by atoms with Gasteiger partial charge in [-0.3, -0.25) is 4.79 Å². The van der Waals surface area contributed by atoms with E-state index in [0.29, 0.717) is 6.54 Å². The van der Waals surface area contributed by atoms with Crippen LogP contribution in [0, 0.1) is 13.8 Å². The minimum Gasteiger partial charge on any atom is -0.483 e. The van der Waals surface area contributed by atoms with E-state index >= 15 is 0 Å². The molecule has 2 aromatic rings. The van der Waals surface area contributed by atoms with Gasteiger partial charge < -0.3 is 15.4 Å². The molecule has 0 fully saturated rings. The fourth-order valence-electron chi connectivity index (χ4n) is 3.09. The first-order valence-electron chi connectivity index (χ1n) is 7.94. The maximum Gasteiger partial charge on any atom is 0.264 e. The molecule has 3 rings (SSSR count). The Bertz CT molecular complexity index is 740. The van der Waals surface area contributed by atoms with Crippen molar-refractivity contribution >= 4 is 17.3 Å². The third-order valence-electron chi connectivity index (χ3n) is 4.27. The topological polar surface area (TPSA) is 55.6 Å². The number of carbonyl (C=O) groups is 1. The fourth-order valence-corrected chi connectivity index (χ4v) is 3.09. The number of ether oxygens (including phenoxy) is 1. The number of nitrogens with zero attached hydrogens (tertiary/aromatic N) is 1. The minimum atomic E-state index is -0.0310. The van der Waals surface area contributed by atoms with Crippen LogP contribution in [0.15, 0.2) is 36.4 Å². The van der Waals surface area contributed by atoms with Crippen LogP contribution in [-0.4, -0.2) is 19.1 Å². The van der Waals surface area contributed by atoms with Crippen LogP contribution in [0.1, 0.15) is 23.1 Å². The Hall–Kier alpha value is -2.49. The summed E-state index contributed by atoms with van der Waals surface area (Å²) < 4.78 is 5.73. The highest BCUT2D eigenvalue weighted by Crippen LogP contribution is 2.31. The molecule has 1 heterocycles. The third kappa shape index (κ3) is 3.16. The van der Waals surface area contributed by atoms with Crippen LogP contribution in [0.25, 0.3) is 0 Å². The first-order valence-corrected chi connectivity index (χ1v) is 7.94. The molecule has 1 amide bonds. The van der Waals surface area contributed by atoms with Crippen molar-refractivity contribution in [1.82, 2.24) is 0 Å². The predicted octanol–water partition coefficient (Wildman–Crippen LogP) is 3.24. The number of anilines is 2. The van der Waals surface area contributed by atoms with Crippen LogP contribution in [0.4, 0.5) is 11.4 Å². The molecule has 0 atom stereocenters. The molecule has 0 unspecified atom stereocenters. The Morgan fingerprint density at radius 3 is 2.87 bits per heavy atom. The maximum atomic E-state index is 12.6. The Balaban J connectivity index is 1.74. The number of aryl methyl sites for hydroxylation is 2. The van der Waals surface area contributed by atoms with E-state index in [0.717, 1.165) is 41.1 Å². The molecule has 1 aliphatic heterocycles. The molecular formula is C19H22N2O2. The highest BCUT2D eigenvalue weighted by Gasteiger charge is 2.24. The van der Waals surface area contributed by atoms with Crippen LogP contribution < -0.4 is 15.4 Å². The lowest BCUT2D eigenvalue weighted by Gasteiger charge is -2.30. The van der Waals surface area contributed by atoms with Gasteiger partial charge in [0.05, 0.1) is 0 Å². The molecular weight excluding hydrogens is 288 g/mol. The molecule has 4 heteroatoms. The van der Waals surface area contributed by atoms with Crippen molar-refractivity contribution < 1.29 is 9.53 Å². The van der Waals surface area contributed by atoms with Gasteiger partial charge in [0.15, 0.2) is 6.61 Å². The maximum absolute atomic E-state index is 12.6. The number of hydrogen-bond donors (Lipinski definition) is 1. The van der Waals surface area contributed by atoms with Crippen LogP contribution in [0.2, 0.25) is 0 Å². The molecule has 0 aliphatic carbocycles. The van der Waals surface area contributed by atoms with Crippen LogP contribution >= 0.6 is 0 Å². The van der Waals surface area contributed by atoms with Gasteiger partial charge in [-0.05, 0) is 56.0 Å². The Morgan fingerprint density at radius 2 is 2.09 bits per heavy atom. The zero-order valence-corrected chi connectivity index (χ0v) is 13.6. The molecule has 0 bridgehead atoms. The summed E-state index contributed by atoms with van der Waals surface area (Å²) >= 11 is 0. The van der Waals surface area contributed by atoms with Crippen molar-refractivity contribution in [3.8, 4) is 5.75 Å². The molecule has 0 saturated heterocycles.